The number of aromatic carboxylic acids is 1. The van der Waals surface area contributed by atoms with Crippen LogP contribution in [-0.2, 0) is 4.79 Å². The fourth-order valence-corrected chi connectivity index (χ4v) is 2.34. The van der Waals surface area contributed by atoms with Crippen molar-refractivity contribution >= 4 is 17.6 Å². The summed E-state index contributed by atoms with van der Waals surface area (Å²) in [6.07, 6.45) is 4.70. The van der Waals surface area contributed by atoms with Gasteiger partial charge in [-0.05, 0) is 38.3 Å². The summed E-state index contributed by atoms with van der Waals surface area (Å²) >= 11 is 0. The van der Waals surface area contributed by atoms with Gasteiger partial charge in [0.2, 0.25) is 5.91 Å². The molecular formula is C14H19N3O3. The molecule has 6 heteroatoms. The van der Waals surface area contributed by atoms with Gasteiger partial charge in [-0.1, -0.05) is 0 Å². The molecule has 1 aliphatic rings. The minimum absolute atomic E-state index is 0.0346. The highest BCUT2D eigenvalue weighted by Gasteiger charge is 2.22. The molecule has 1 unspecified atom stereocenters. The van der Waals surface area contributed by atoms with Crippen molar-refractivity contribution in [2.75, 3.05) is 18.4 Å². The molecule has 1 amide bonds. The second-order valence-electron chi connectivity index (χ2n) is 4.99. The average Bonchev–Trinajstić information content (AvgIpc) is 2.47. The van der Waals surface area contributed by atoms with Crippen LogP contribution in [0.3, 0.4) is 0 Å². The van der Waals surface area contributed by atoms with Crippen LogP contribution in [0.15, 0.2) is 18.3 Å². The largest absolute Gasteiger partial charge is 0.477 e. The first-order chi connectivity index (χ1) is 9.58. The second-order valence-corrected chi connectivity index (χ2v) is 4.99. The lowest BCUT2D eigenvalue weighted by Gasteiger charge is -2.29. The Morgan fingerprint density at radius 1 is 1.35 bits per heavy atom. The van der Waals surface area contributed by atoms with Gasteiger partial charge in [0.1, 0.15) is 11.7 Å². The minimum atomic E-state index is -1.08. The molecule has 0 radical (unpaired) electrons. The Bertz CT molecular complexity index is 498. The number of nitrogens with one attached hydrogen (secondary N) is 1. The fourth-order valence-electron chi connectivity index (χ4n) is 2.34. The van der Waals surface area contributed by atoms with Crippen LogP contribution < -0.4 is 5.32 Å². The van der Waals surface area contributed by atoms with E-state index in [1.165, 1.54) is 18.7 Å². The number of carboxylic acids is 1. The zero-order valence-electron chi connectivity index (χ0n) is 11.5. The number of carboxylic acid groups (broad SMARTS) is 1. The van der Waals surface area contributed by atoms with Crippen LogP contribution in [-0.4, -0.2) is 46.0 Å². The van der Waals surface area contributed by atoms with Gasteiger partial charge in [-0.3, -0.25) is 4.79 Å². The Balaban J connectivity index is 1.99. The predicted molar refractivity (Wildman–Crippen MR) is 74.7 cm³/mol. The van der Waals surface area contributed by atoms with Crippen molar-refractivity contribution in [3.63, 3.8) is 0 Å². The van der Waals surface area contributed by atoms with Crippen LogP contribution in [0.5, 0.6) is 0 Å². The van der Waals surface area contributed by atoms with E-state index in [0.29, 0.717) is 5.69 Å². The molecule has 1 atom stereocenters. The number of carbonyl (C=O) groups excluding carboxylic acids is 1. The highest BCUT2D eigenvalue weighted by Crippen LogP contribution is 2.13. The Hall–Kier alpha value is -2.11. The Kier molecular flexibility index (Phi) is 4.55. The lowest BCUT2D eigenvalue weighted by Crippen LogP contribution is -2.43. The summed E-state index contributed by atoms with van der Waals surface area (Å²) in [5.74, 6) is -1.03. The second kappa shape index (κ2) is 6.36. The summed E-state index contributed by atoms with van der Waals surface area (Å²) in [4.78, 5) is 28.7. The Morgan fingerprint density at radius 2 is 2.05 bits per heavy atom. The number of rotatable bonds is 4. The van der Waals surface area contributed by atoms with Gasteiger partial charge in [0, 0.05) is 25.0 Å². The van der Waals surface area contributed by atoms with Crippen LogP contribution in [0, 0.1) is 0 Å². The summed E-state index contributed by atoms with van der Waals surface area (Å²) in [6, 6.07) is 2.71. The number of hydrogen-bond acceptors (Lipinski definition) is 4. The van der Waals surface area contributed by atoms with Crippen molar-refractivity contribution in [1.82, 2.24) is 9.88 Å². The fraction of sp³-hybridized carbons (Fsp3) is 0.500. The number of pyridine rings is 1. The van der Waals surface area contributed by atoms with E-state index in [9.17, 15) is 9.59 Å². The molecule has 1 aromatic heterocycles. The van der Waals surface area contributed by atoms with Gasteiger partial charge >= 0.3 is 5.97 Å². The summed E-state index contributed by atoms with van der Waals surface area (Å²) in [5, 5.41) is 11.9. The van der Waals surface area contributed by atoms with Crippen molar-refractivity contribution in [3.05, 3.63) is 24.0 Å². The zero-order chi connectivity index (χ0) is 14.5. The topological polar surface area (TPSA) is 82.5 Å². The molecule has 0 bridgehead atoms. The molecule has 20 heavy (non-hydrogen) atoms. The number of piperidine rings is 1. The van der Waals surface area contributed by atoms with E-state index in [-0.39, 0.29) is 17.6 Å². The van der Waals surface area contributed by atoms with Gasteiger partial charge in [-0.2, -0.15) is 0 Å². The summed E-state index contributed by atoms with van der Waals surface area (Å²) < 4.78 is 0. The lowest BCUT2D eigenvalue weighted by molar-refractivity contribution is -0.132. The molecule has 0 aliphatic carbocycles. The standard InChI is InChI=1S/C14H19N3O3/c1-10(13(18)17-7-3-2-4-8-17)16-11-5-6-15-12(9-11)14(19)20/h5-6,9-10H,2-4,7-8H2,1H3,(H,15,16)(H,19,20). The maximum absolute atomic E-state index is 12.3. The molecule has 6 nitrogen and oxygen atoms in total. The summed E-state index contributed by atoms with van der Waals surface area (Å²) in [5.41, 5.74) is 0.558. The van der Waals surface area contributed by atoms with Crippen molar-refractivity contribution in [3.8, 4) is 0 Å². The quantitative estimate of drug-likeness (QED) is 0.873. The highest BCUT2D eigenvalue weighted by atomic mass is 16.4. The van der Waals surface area contributed by atoms with Gasteiger partial charge in [-0.25, -0.2) is 9.78 Å². The number of carbonyl (C=O) groups is 2. The number of aromatic nitrogens is 1. The molecule has 108 valence electrons. The molecule has 1 aromatic rings. The van der Waals surface area contributed by atoms with Gasteiger partial charge in [0.05, 0.1) is 0 Å². The third-order valence-electron chi connectivity index (χ3n) is 3.40. The van der Waals surface area contributed by atoms with Crippen LogP contribution >= 0.6 is 0 Å². The molecule has 2 rings (SSSR count). The maximum atomic E-state index is 12.3. The average molecular weight is 277 g/mol. The van der Waals surface area contributed by atoms with E-state index in [2.05, 4.69) is 10.3 Å². The highest BCUT2D eigenvalue weighted by molar-refractivity contribution is 5.87. The molecule has 0 spiro atoms. The van der Waals surface area contributed by atoms with E-state index in [1.807, 2.05) is 4.90 Å². The molecule has 0 saturated carbocycles. The molecular weight excluding hydrogens is 258 g/mol. The van der Waals surface area contributed by atoms with Crippen LogP contribution in [0.25, 0.3) is 0 Å². The molecule has 1 aliphatic heterocycles. The lowest BCUT2D eigenvalue weighted by atomic mass is 10.1. The summed E-state index contributed by atoms with van der Waals surface area (Å²) in [6.45, 7) is 3.40. The first-order valence-corrected chi connectivity index (χ1v) is 6.82. The van der Waals surface area contributed by atoms with E-state index in [0.717, 1.165) is 25.9 Å². The van der Waals surface area contributed by atoms with Crippen molar-refractivity contribution in [2.45, 2.75) is 32.2 Å². The van der Waals surface area contributed by atoms with Crippen molar-refractivity contribution in [2.24, 2.45) is 0 Å². The van der Waals surface area contributed by atoms with Gasteiger partial charge in [0.15, 0.2) is 0 Å². The monoisotopic (exact) mass is 277 g/mol. The first kappa shape index (κ1) is 14.3. The Labute approximate surface area is 117 Å². The van der Waals surface area contributed by atoms with Gasteiger partial charge in [-0.15, -0.1) is 0 Å². The first-order valence-electron chi connectivity index (χ1n) is 6.82. The van der Waals surface area contributed by atoms with E-state index in [4.69, 9.17) is 5.11 Å². The normalized spacial score (nSPS) is 16.6. The number of likely N-dealkylation sites (tertiary alicyclic amines) is 1. The third-order valence-corrected chi connectivity index (χ3v) is 3.40. The molecule has 2 heterocycles. The van der Waals surface area contributed by atoms with E-state index >= 15 is 0 Å². The molecule has 1 saturated heterocycles. The van der Waals surface area contributed by atoms with Gasteiger partial charge in [0.25, 0.3) is 0 Å². The minimum Gasteiger partial charge on any atom is -0.477 e. The van der Waals surface area contributed by atoms with Crippen LogP contribution in [0.4, 0.5) is 5.69 Å². The third kappa shape index (κ3) is 3.46. The number of hydrogen-bond donors (Lipinski definition) is 2. The van der Waals surface area contributed by atoms with E-state index < -0.39 is 5.97 Å². The van der Waals surface area contributed by atoms with Gasteiger partial charge < -0.3 is 15.3 Å². The van der Waals surface area contributed by atoms with Crippen molar-refractivity contribution in [1.29, 1.82) is 0 Å². The number of amides is 1. The van der Waals surface area contributed by atoms with E-state index in [1.54, 1.807) is 13.0 Å². The number of nitrogens with zero attached hydrogens (tertiary/aromatic N) is 2. The van der Waals surface area contributed by atoms with Crippen LogP contribution in [0.2, 0.25) is 0 Å². The molecule has 1 fully saturated rings. The van der Waals surface area contributed by atoms with Crippen LogP contribution in [0.1, 0.15) is 36.7 Å². The zero-order valence-corrected chi connectivity index (χ0v) is 11.5. The molecule has 0 aromatic carbocycles. The predicted octanol–water partition coefficient (Wildman–Crippen LogP) is 1.59. The molecule has 2 N–H and O–H groups in total. The van der Waals surface area contributed by atoms with Crippen molar-refractivity contribution < 1.29 is 14.7 Å². The summed E-state index contributed by atoms with van der Waals surface area (Å²) in [7, 11) is 0. The maximum Gasteiger partial charge on any atom is 0.354 e. The Morgan fingerprint density at radius 3 is 2.70 bits per heavy atom. The smallest absolute Gasteiger partial charge is 0.354 e. The SMILES string of the molecule is CC(Nc1ccnc(C(=O)O)c1)C(=O)N1CCCCC1. The number of anilines is 1.